The van der Waals surface area contributed by atoms with Crippen LogP contribution in [0.4, 0.5) is 5.69 Å². The molecule has 2 aromatic heterocycles. The van der Waals surface area contributed by atoms with E-state index in [1.54, 1.807) is 36.7 Å². The van der Waals surface area contributed by atoms with Crippen molar-refractivity contribution in [1.29, 1.82) is 0 Å². The maximum Gasteiger partial charge on any atom is 0.241 e. The number of aromatic nitrogens is 2. The van der Waals surface area contributed by atoms with Crippen LogP contribution in [0.15, 0.2) is 42.7 Å². The summed E-state index contributed by atoms with van der Waals surface area (Å²) in [6.45, 7) is 5.50. The minimum Gasteiger partial charge on any atom is -0.376 e. The highest BCUT2D eigenvalue weighted by Crippen LogP contribution is 2.25. The van der Waals surface area contributed by atoms with Gasteiger partial charge in [0.05, 0.1) is 11.6 Å². The zero-order chi connectivity index (χ0) is 24.2. The third-order valence-electron chi connectivity index (χ3n) is 7.26. The molecule has 2 aliphatic rings. The molecule has 0 spiro atoms. The Balaban J connectivity index is 1.13. The summed E-state index contributed by atoms with van der Waals surface area (Å²) in [5, 5.41) is 4.68. The molecule has 3 aromatic rings. The summed E-state index contributed by atoms with van der Waals surface area (Å²) in [4.78, 5) is 37.7. The van der Waals surface area contributed by atoms with Crippen LogP contribution in [0.2, 0.25) is 5.02 Å². The van der Waals surface area contributed by atoms with Crippen molar-refractivity contribution in [2.24, 2.45) is 5.92 Å². The predicted molar refractivity (Wildman–Crippen MR) is 139 cm³/mol. The zero-order valence-electron chi connectivity index (χ0n) is 19.9. The van der Waals surface area contributed by atoms with Crippen LogP contribution in [0.1, 0.15) is 48.2 Å². The van der Waals surface area contributed by atoms with Crippen molar-refractivity contribution in [3.8, 4) is 0 Å². The van der Waals surface area contributed by atoms with Crippen LogP contribution >= 0.6 is 11.6 Å². The smallest absolute Gasteiger partial charge is 0.241 e. The van der Waals surface area contributed by atoms with Gasteiger partial charge in [0, 0.05) is 54.2 Å². The number of fused-ring (bicyclic) bond motifs is 1. The minimum absolute atomic E-state index is 0.0974. The summed E-state index contributed by atoms with van der Waals surface area (Å²) < 4.78 is 0. The number of pyridine rings is 1. The van der Waals surface area contributed by atoms with Gasteiger partial charge in [-0.3, -0.25) is 14.6 Å². The molecule has 2 aliphatic heterocycles. The number of ketones is 1. The molecular formula is C27H32ClN5O2. The molecule has 8 heteroatoms. The largest absolute Gasteiger partial charge is 0.376 e. The van der Waals surface area contributed by atoms with Gasteiger partial charge >= 0.3 is 0 Å². The molecule has 2 saturated heterocycles. The van der Waals surface area contributed by atoms with Crippen molar-refractivity contribution in [2.45, 2.75) is 32.1 Å². The van der Waals surface area contributed by atoms with Crippen LogP contribution in [0.5, 0.6) is 0 Å². The minimum atomic E-state index is -0.177. The van der Waals surface area contributed by atoms with E-state index in [-0.39, 0.29) is 18.2 Å². The van der Waals surface area contributed by atoms with Gasteiger partial charge in [0.2, 0.25) is 11.7 Å². The first-order valence-electron chi connectivity index (χ1n) is 12.6. The van der Waals surface area contributed by atoms with Crippen LogP contribution in [0, 0.1) is 5.92 Å². The second kappa shape index (κ2) is 10.8. The molecule has 4 heterocycles. The van der Waals surface area contributed by atoms with Gasteiger partial charge in [-0.1, -0.05) is 30.2 Å². The molecule has 0 radical (unpaired) electrons. The fourth-order valence-corrected chi connectivity index (χ4v) is 5.43. The topological polar surface area (TPSA) is 81.3 Å². The van der Waals surface area contributed by atoms with Gasteiger partial charge in [-0.15, -0.1) is 0 Å². The molecule has 1 amide bonds. The van der Waals surface area contributed by atoms with E-state index in [1.165, 1.54) is 38.9 Å². The molecule has 2 N–H and O–H groups in total. The average molecular weight is 494 g/mol. The summed E-state index contributed by atoms with van der Waals surface area (Å²) in [5.74, 6) is 0.615. The molecule has 0 saturated carbocycles. The number of benzene rings is 1. The lowest BCUT2D eigenvalue weighted by atomic mass is 9.95. The predicted octanol–water partition coefficient (Wildman–Crippen LogP) is 4.58. The van der Waals surface area contributed by atoms with E-state index in [9.17, 15) is 9.59 Å². The molecule has 2 fully saturated rings. The van der Waals surface area contributed by atoms with E-state index in [0.717, 1.165) is 36.8 Å². The highest BCUT2D eigenvalue weighted by atomic mass is 35.5. The van der Waals surface area contributed by atoms with Crippen molar-refractivity contribution in [3.63, 3.8) is 0 Å². The molecule has 0 bridgehead atoms. The van der Waals surface area contributed by atoms with E-state index in [0.29, 0.717) is 27.9 Å². The second-order valence-electron chi connectivity index (χ2n) is 9.69. The van der Waals surface area contributed by atoms with Gasteiger partial charge in [-0.05, 0) is 62.9 Å². The van der Waals surface area contributed by atoms with Gasteiger partial charge in [0.25, 0.3) is 0 Å². The highest BCUT2D eigenvalue weighted by molar-refractivity contribution is 6.35. The number of amides is 1. The molecule has 0 aliphatic carbocycles. The standard InChI is InChI=1S/C27H32ClN5O2/c28-23-16-31-24-14-20(4-5-22(23)24)27(35)25-15-21(6-9-29-25)30-17-26(34)33-12-7-19(8-13-33)18-32-10-2-1-3-11-32/h4-6,9,14-16,19,31H,1-3,7-8,10-13,17-18H2,(H,29,30). The van der Waals surface area contributed by atoms with Crippen LogP contribution in [0.3, 0.4) is 0 Å². The second-order valence-corrected chi connectivity index (χ2v) is 10.1. The van der Waals surface area contributed by atoms with Crippen molar-refractivity contribution >= 4 is 39.9 Å². The molecule has 0 unspecified atom stereocenters. The molecule has 35 heavy (non-hydrogen) atoms. The first kappa shape index (κ1) is 23.8. The Morgan fingerprint density at radius 1 is 1.06 bits per heavy atom. The number of likely N-dealkylation sites (tertiary alicyclic amines) is 2. The number of nitrogens with zero attached hydrogens (tertiary/aromatic N) is 3. The normalized spacial score (nSPS) is 17.6. The zero-order valence-corrected chi connectivity index (χ0v) is 20.7. The van der Waals surface area contributed by atoms with Crippen molar-refractivity contribution < 1.29 is 9.59 Å². The number of H-pyrrole nitrogens is 1. The SMILES string of the molecule is O=C(c1ccc2c(Cl)c[nH]c2c1)c1cc(NCC(=O)N2CCC(CN3CCCCC3)CC2)ccn1. The Morgan fingerprint density at radius 2 is 1.86 bits per heavy atom. The molecule has 0 atom stereocenters. The lowest BCUT2D eigenvalue weighted by molar-refractivity contribution is -0.130. The van der Waals surface area contributed by atoms with Gasteiger partial charge in [-0.2, -0.15) is 0 Å². The lowest BCUT2D eigenvalue weighted by Gasteiger charge is -2.36. The van der Waals surface area contributed by atoms with E-state index >= 15 is 0 Å². The number of nitrogens with one attached hydrogen (secondary N) is 2. The third kappa shape index (κ3) is 5.68. The van der Waals surface area contributed by atoms with Crippen LogP contribution in [0.25, 0.3) is 10.9 Å². The number of hydrogen-bond donors (Lipinski definition) is 2. The number of aromatic amines is 1. The fourth-order valence-electron chi connectivity index (χ4n) is 5.21. The molecule has 1 aromatic carbocycles. The maximum absolute atomic E-state index is 13.0. The van der Waals surface area contributed by atoms with Crippen LogP contribution in [-0.4, -0.2) is 70.7 Å². The number of anilines is 1. The summed E-state index contributed by atoms with van der Waals surface area (Å²) in [5.41, 5.74) is 2.38. The molecule has 184 valence electrons. The Labute approximate surface area is 210 Å². The van der Waals surface area contributed by atoms with Crippen LogP contribution in [-0.2, 0) is 4.79 Å². The summed E-state index contributed by atoms with van der Waals surface area (Å²) in [6.07, 6.45) is 9.46. The summed E-state index contributed by atoms with van der Waals surface area (Å²) >= 11 is 6.14. The Hall–Kier alpha value is -2.90. The van der Waals surface area contributed by atoms with Gasteiger partial charge in [-0.25, -0.2) is 0 Å². The van der Waals surface area contributed by atoms with Crippen molar-refractivity contribution in [3.05, 3.63) is 59.0 Å². The van der Waals surface area contributed by atoms with Gasteiger partial charge in [0.1, 0.15) is 5.69 Å². The van der Waals surface area contributed by atoms with E-state index in [2.05, 4.69) is 20.2 Å². The number of hydrogen-bond acceptors (Lipinski definition) is 5. The first-order valence-corrected chi connectivity index (χ1v) is 13.0. The Kier molecular flexibility index (Phi) is 7.35. The maximum atomic E-state index is 13.0. The molecule has 5 rings (SSSR count). The quantitative estimate of drug-likeness (QED) is 0.471. The number of rotatable bonds is 7. The molecular weight excluding hydrogens is 462 g/mol. The Morgan fingerprint density at radius 3 is 2.66 bits per heavy atom. The monoisotopic (exact) mass is 493 g/mol. The fraction of sp³-hybridized carbons (Fsp3) is 0.444. The number of halogens is 1. The van der Waals surface area contributed by atoms with Gasteiger partial charge < -0.3 is 20.1 Å². The van der Waals surface area contributed by atoms with E-state index in [4.69, 9.17) is 11.6 Å². The van der Waals surface area contributed by atoms with Crippen molar-refractivity contribution in [2.75, 3.05) is 44.6 Å². The molecule has 7 nitrogen and oxygen atoms in total. The summed E-state index contributed by atoms with van der Waals surface area (Å²) in [7, 11) is 0. The van der Waals surface area contributed by atoms with Crippen molar-refractivity contribution in [1.82, 2.24) is 19.8 Å². The van der Waals surface area contributed by atoms with Crippen LogP contribution < -0.4 is 5.32 Å². The van der Waals surface area contributed by atoms with Gasteiger partial charge in [0.15, 0.2) is 0 Å². The Bertz CT molecular complexity index is 1200. The van der Waals surface area contributed by atoms with E-state index < -0.39 is 0 Å². The number of carbonyl (C=O) groups is 2. The third-order valence-corrected chi connectivity index (χ3v) is 7.57. The highest BCUT2D eigenvalue weighted by Gasteiger charge is 2.24. The van der Waals surface area contributed by atoms with E-state index in [1.807, 2.05) is 11.0 Å². The summed E-state index contributed by atoms with van der Waals surface area (Å²) in [6, 6.07) is 8.85. The number of carbonyl (C=O) groups excluding carboxylic acids is 2. The lowest BCUT2D eigenvalue weighted by Crippen LogP contribution is -2.44. The number of piperidine rings is 2. The average Bonchev–Trinajstić information content (AvgIpc) is 3.28. The first-order chi connectivity index (χ1) is 17.1.